The molecular weight excluding hydrogens is 397 g/mol. The van der Waals surface area contributed by atoms with Gasteiger partial charge in [-0.25, -0.2) is 9.59 Å². The van der Waals surface area contributed by atoms with Crippen LogP contribution in [0, 0.1) is 0 Å². The van der Waals surface area contributed by atoms with Gasteiger partial charge in [0.05, 0.1) is 0 Å². The number of aliphatic hydroxyl groups excluding tert-OH is 1. The number of benzene rings is 1. The minimum absolute atomic E-state index is 0.0228. The molecule has 0 unspecified atom stereocenters. The summed E-state index contributed by atoms with van der Waals surface area (Å²) in [6.07, 6.45) is -3.54. The van der Waals surface area contributed by atoms with Crippen molar-refractivity contribution in [1.82, 2.24) is 9.55 Å². The lowest BCUT2D eigenvalue weighted by Crippen LogP contribution is -2.34. The summed E-state index contributed by atoms with van der Waals surface area (Å²) in [4.78, 5) is 36.2. The van der Waals surface area contributed by atoms with Gasteiger partial charge in [0.15, 0.2) is 5.76 Å². The predicted octanol–water partition coefficient (Wildman–Crippen LogP) is 1.98. The molecule has 2 heterocycles. The second-order valence-corrected chi connectivity index (χ2v) is 5.86. The van der Waals surface area contributed by atoms with Crippen molar-refractivity contribution >= 4 is 5.97 Å². The summed E-state index contributed by atoms with van der Waals surface area (Å²) in [5, 5.41) is 9.82. The molecule has 0 amide bonds. The van der Waals surface area contributed by atoms with Crippen molar-refractivity contribution in [3.05, 3.63) is 91.8 Å². The summed E-state index contributed by atoms with van der Waals surface area (Å²) in [6, 6.07) is 8.75. The highest BCUT2D eigenvalue weighted by molar-refractivity contribution is 5.91. The monoisotopic (exact) mass is 410 g/mol. The van der Waals surface area contributed by atoms with Crippen LogP contribution in [-0.4, -0.2) is 20.6 Å². The van der Waals surface area contributed by atoms with Crippen molar-refractivity contribution in [2.24, 2.45) is 0 Å². The highest BCUT2D eigenvalue weighted by Crippen LogP contribution is 2.27. The Hall–Kier alpha value is -3.76. The lowest BCUT2D eigenvalue weighted by Gasteiger charge is -2.10. The number of hydrogen-bond acceptors (Lipinski definition) is 6. The zero-order valence-electron chi connectivity index (χ0n) is 14.5. The molecule has 0 atom stereocenters. The van der Waals surface area contributed by atoms with Gasteiger partial charge in [-0.05, 0) is 11.6 Å². The van der Waals surface area contributed by atoms with E-state index in [9.17, 15) is 32.7 Å². The summed E-state index contributed by atoms with van der Waals surface area (Å²) < 4.78 is 49.3. The van der Waals surface area contributed by atoms with Crippen LogP contribution in [0.1, 0.15) is 11.1 Å². The molecular formula is C18H13F3N2O6. The first-order chi connectivity index (χ1) is 13.7. The second kappa shape index (κ2) is 7.70. The molecule has 1 aromatic carbocycles. The van der Waals surface area contributed by atoms with E-state index in [1.807, 2.05) is 0 Å². The van der Waals surface area contributed by atoms with Gasteiger partial charge in [-0.3, -0.25) is 14.3 Å². The number of carbonyl (C=O) groups excluding carboxylic acids is 1. The van der Waals surface area contributed by atoms with E-state index in [4.69, 9.17) is 9.47 Å². The number of nitrogens with zero attached hydrogens (tertiary/aromatic N) is 1. The van der Waals surface area contributed by atoms with Crippen LogP contribution in [0.15, 0.2) is 69.5 Å². The largest absolute Gasteiger partial charge is 0.499 e. The molecule has 1 aliphatic rings. The number of aliphatic hydroxyl groups is 1. The highest BCUT2D eigenvalue weighted by Gasteiger charge is 2.35. The maximum absolute atomic E-state index is 12.8. The molecule has 0 saturated heterocycles. The third-order valence-corrected chi connectivity index (χ3v) is 3.85. The van der Waals surface area contributed by atoms with Crippen LogP contribution in [0.25, 0.3) is 0 Å². The van der Waals surface area contributed by atoms with Crippen LogP contribution >= 0.6 is 0 Å². The molecule has 1 aromatic heterocycles. The topological polar surface area (TPSA) is 111 Å². The average molecular weight is 410 g/mol. The smallest absolute Gasteiger partial charge is 0.423 e. The quantitative estimate of drug-likeness (QED) is 0.730. The van der Waals surface area contributed by atoms with Crippen LogP contribution in [-0.2, 0) is 33.6 Å². The molecule has 152 valence electrons. The Morgan fingerprint density at radius 3 is 2.52 bits per heavy atom. The average Bonchev–Trinajstić information content (AvgIpc) is 2.92. The fourth-order valence-corrected chi connectivity index (χ4v) is 2.44. The first-order valence-corrected chi connectivity index (χ1v) is 8.10. The third-order valence-electron chi connectivity index (χ3n) is 3.85. The lowest BCUT2D eigenvalue weighted by molar-refractivity contribution is -0.139. The number of carbonyl (C=O) groups is 1. The van der Waals surface area contributed by atoms with Crippen molar-refractivity contribution < 1.29 is 32.5 Å². The van der Waals surface area contributed by atoms with Gasteiger partial charge in [0.2, 0.25) is 11.5 Å². The molecule has 0 bridgehead atoms. The molecule has 1 aliphatic heterocycles. The highest BCUT2D eigenvalue weighted by atomic mass is 19.4. The van der Waals surface area contributed by atoms with Gasteiger partial charge < -0.3 is 14.6 Å². The van der Waals surface area contributed by atoms with Gasteiger partial charge in [0.1, 0.15) is 12.2 Å². The summed E-state index contributed by atoms with van der Waals surface area (Å²) >= 11 is 0. The molecule has 0 fully saturated rings. The number of aromatic nitrogens is 2. The number of hydrogen-bond donors (Lipinski definition) is 2. The maximum atomic E-state index is 12.8. The van der Waals surface area contributed by atoms with E-state index in [0.29, 0.717) is 10.8 Å². The molecule has 8 nitrogen and oxygen atoms in total. The zero-order valence-corrected chi connectivity index (χ0v) is 14.5. The Morgan fingerprint density at radius 1 is 1.17 bits per heavy atom. The van der Waals surface area contributed by atoms with Gasteiger partial charge >= 0.3 is 17.8 Å². The summed E-state index contributed by atoms with van der Waals surface area (Å²) in [7, 11) is 0. The molecule has 11 heteroatoms. The predicted molar refractivity (Wildman–Crippen MR) is 91.4 cm³/mol. The summed E-state index contributed by atoms with van der Waals surface area (Å²) in [6.45, 7) is -0.516. The number of esters is 1. The first-order valence-electron chi connectivity index (χ1n) is 8.10. The fourth-order valence-electron chi connectivity index (χ4n) is 2.44. The Labute approximate surface area is 160 Å². The summed E-state index contributed by atoms with van der Waals surface area (Å²) in [5.74, 6) is -2.50. The van der Waals surface area contributed by atoms with Crippen LogP contribution in [0.2, 0.25) is 0 Å². The van der Waals surface area contributed by atoms with Crippen molar-refractivity contribution in [1.29, 1.82) is 0 Å². The number of nitrogens with one attached hydrogen (secondary N) is 1. The SMILES string of the molecule is O=C1O/C(=C\Cn2cc(C(F)(F)F)c(=O)[nH]c2=O)C(OCc2ccccc2)=C1O. The normalized spacial score (nSPS) is 15.7. The number of allylic oxidation sites excluding steroid dienone is 1. The Kier molecular flexibility index (Phi) is 5.31. The number of aromatic amines is 1. The fraction of sp³-hybridized carbons (Fsp3) is 0.167. The third kappa shape index (κ3) is 4.39. The number of rotatable bonds is 5. The zero-order chi connectivity index (χ0) is 21.2. The van der Waals surface area contributed by atoms with Crippen molar-refractivity contribution in [2.75, 3.05) is 0 Å². The lowest BCUT2D eigenvalue weighted by atomic mass is 10.2. The Balaban J connectivity index is 1.85. The molecule has 0 saturated carbocycles. The van der Waals surface area contributed by atoms with Gasteiger partial charge in [0, 0.05) is 12.7 Å². The van der Waals surface area contributed by atoms with E-state index in [1.165, 1.54) is 0 Å². The Bertz CT molecular complexity index is 1110. The van der Waals surface area contributed by atoms with Crippen LogP contribution in [0.4, 0.5) is 13.2 Å². The van der Waals surface area contributed by atoms with Gasteiger partial charge in [-0.2, -0.15) is 13.2 Å². The number of cyclic esters (lactones) is 1. The summed E-state index contributed by atoms with van der Waals surface area (Å²) in [5.41, 5.74) is -3.50. The van der Waals surface area contributed by atoms with E-state index in [1.54, 1.807) is 35.3 Å². The number of H-pyrrole nitrogens is 1. The molecule has 0 radical (unpaired) electrons. The van der Waals surface area contributed by atoms with E-state index in [2.05, 4.69) is 0 Å². The van der Waals surface area contributed by atoms with Crippen molar-refractivity contribution in [3.8, 4) is 0 Å². The standard InChI is InChI=1S/C18H13F3N2O6/c19-18(20,21)11-8-23(17(27)22-15(11)25)7-6-12-14(13(24)16(26)29-12)28-9-10-4-2-1-3-5-10/h1-6,8,24H,7,9H2,(H,22,25,27)/b12-6-. The van der Waals surface area contributed by atoms with Crippen LogP contribution in [0.5, 0.6) is 0 Å². The minimum Gasteiger partial charge on any atom is -0.499 e. The molecule has 0 spiro atoms. The number of alkyl halides is 3. The van der Waals surface area contributed by atoms with Gasteiger partial charge in [-0.1, -0.05) is 30.3 Å². The second-order valence-electron chi connectivity index (χ2n) is 5.86. The van der Waals surface area contributed by atoms with E-state index in [0.717, 1.165) is 11.6 Å². The van der Waals surface area contributed by atoms with Gasteiger partial charge in [-0.15, -0.1) is 0 Å². The molecule has 2 N–H and O–H groups in total. The molecule has 3 rings (SSSR count). The number of halogens is 3. The minimum atomic E-state index is -4.96. The molecule has 2 aromatic rings. The first kappa shape index (κ1) is 20.0. The van der Waals surface area contributed by atoms with E-state index >= 15 is 0 Å². The van der Waals surface area contributed by atoms with Crippen LogP contribution < -0.4 is 11.2 Å². The van der Waals surface area contributed by atoms with Gasteiger partial charge in [0.25, 0.3) is 5.56 Å². The van der Waals surface area contributed by atoms with E-state index < -0.39 is 41.3 Å². The Morgan fingerprint density at radius 2 is 1.86 bits per heavy atom. The van der Waals surface area contributed by atoms with Crippen molar-refractivity contribution in [2.45, 2.75) is 19.3 Å². The molecule has 29 heavy (non-hydrogen) atoms. The molecule has 0 aliphatic carbocycles. The van der Waals surface area contributed by atoms with Crippen molar-refractivity contribution in [3.63, 3.8) is 0 Å². The van der Waals surface area contributed by atoms with Crippen LogP contribution in [0.3, 0.4) is 0 Å². The number of ether oxygens (including phenoxy) is 2. The van der Waals surface area contributed by atoms with E-state index in [-0.39, 0.29) is 18.1 Å². The maximum Gasteiger partial charge on any atom is 0.423 e.